The lowest BCUT2D eigenvalue weighted by Crippen LogP contribution is -2.08. The van der Waals surface area contributed by atoms with Crippen LogP contribution in [-0.4, -0.2) is 32.9 Å². The van der Waals surface area contributed by atoms with Crippen molar-refractivity contribution in [1.29, 1.82) is 0 Å². The Bertz CT molecular complexity index is 597. The number of fused-ring (bicyclic) bond motifs is 1. The molecule has 94 valence electrons. The fourth-order valence-electron chi connectivity index (χ4n) is 1.35. The largest absolute Gasteiger partial charge is 0.403 e. The highest BCUT2D eigenvalue weighted by atomic mass is 15.2. The highest BCUT2D eigenvalue weighted by Crippen LogP contribution is 2.16. The van der Waals surface area contributed by atoms with Crippen molar-refractivity contribution in [1.82, 2.24) is 20.2 Å². The smallest absolute Gasteiger partial charge is 0.231 e. The lowest BCUT2D eigenvalue weighted by molar-refractivity contribution is 1.09. The van der Waals surface area contributed by atoms with Gasteiger partial charge in [-0.05, 0) is 6.92 Å². The molecule has 2 heterocycles. The molecule has 18 heavy (non-hydrogen) atoms. The van der Waals surface area contributed by atoms with Crippen molar-refractivity contribution < 1.29 is 0 Å². The summed E-state index contributed by atoms with van der Waals surface area (Å²) in [5.74, 6) is 0.684. The number of nitrogens with one attached hydrogen (secondary N) is 2. The Morgan fingerprint density at radius 3 is 3.11 bits per heavy atom. The number of aromatic amines is 1. The second kappa shape index (κ2) is 5.13. The molecular weight excluding hydrogens is 232 g/mol. The first-order valence-corrected chi connectivity index (χ1v) is 5.40. The van der Waals surface area contributed by atoms with Crippen LogP contribution in [0, 0.1) is 0 Å². The van der Waals surface area contributed by atoms with E-state index in [1.807, 2.05) is 6.92 Å². The van der Waals surface area contributed by atoms with Crippen LogP contribution in [0.3, 0.4) is 0 Å². The lowest BCUT2D eigenvalue weighted by Gasteiger charge is -2.05. The third kappa shape index (κ3) is 2.37. The molecular formula is C10H14N8. The molecule has 2 rings (SSSR count). The molecule has 0 unspecified atom stereocenters. The number of nitrogens with two attached hydrogens (primary N) is 2. The summed E-state index contributed by atoms with van der Waals surface area (Å²) in [5.41, 5.74) is 12.4. The van der Waals surface area contributed by atoms with Crippen molar-refractivity contribution in [3.8, 4) is 0 Å². The third-order valence-corrected chi connectivity index (χ3v) is 2.19. The van der Waals surface area contributed by atoms with E-state index in [2.05, 4.69) is 30.5 Å². The minimum absolute atomic E-state index is 0.337. The fourth-order valence-corrected chi connectivity index (χ4v) is 1.35. The van der Waals surface area contributed by atoms with Crippen LogP contribution in [0.2, 0.25) is 0 Å². The van der Waals surface area contributed by atoms with Crippen molar-refractivity contribution in [3.05, 3.63) is 18.1 Å². The molecule has 6 N–H and O–H groups in total. The Hall–Kier alpha value is -2.64. The molecule has 0 amide bonds. The number of nitrogens with zero attached hydrogens (tertiary/aromatic N) is 4. The van der Waals surface area contributed by atoms with E-state index in [-0.39, 0.29) is 0 Å². The van der Waals surface area contributed by atoms with Gasteiger partial charge in [-0.2, -0.15) is 15.1 Å². The normalized spacial score (nSPS) is 12.4. The zero-order chi connectivity index (χ0) is 13.0. The Balaban J connectivity index is 2.28. The Kier molecular flexibility index (Phi) is 3.37. The van der Waals surface area contributed by atoms with Gasteiger partial charge in [0.05, 0.1) is 17.3 Å². The van der Waals surface area contributed by atoms with Gasteiger partial charge in [-0.25, -0.2) is 0 Å². The first kappa shape index (κ1) is 11.8. The Morgan fingerprint density at radius 1 is 1.56 bits per heavy atom. The van der Waals surface area contributed by atoms with Crippen LogP contribution >= 0.6 is 0 Å². The molecule has 8 nitrogen and oxygen atoms in total. The average Bonchev–Trinajstić information content (AvgIpc) is 2.83. The van der Waals surface area contributed by atoms with Crippen LogP contribution < -0.4 is 16.8 Å². The van der Waals surface area contributed by atoms with Crippen molar-refractivity contribution in [2.45, 2.75) is 6.92 Å². The Labute approximate surface area is 103 Å². The minimum Gasteiger partial charge on any atom is -0.403 e. The number of hydrogen-bond acceptors (Lipinski definition) is 7. The number of nitrogen functional groups attached to an aromatic ring is 1. The molecule has 0 aliphatic rings. The molecule has 0 atom stereocenters. The van der Waals surface area contributed by atoms with Crippen molar-refractivity contribution in [2.24, 2.45) is 10.7 Å². The molecule has 2 aromatic heterocycles. The van der Waals surface area contributed by atoms with Gasteiger partial charge < -0.3 is 16.8 Å². The number of anilines is 2. The summed E-state index contributed by atoms with van der Waals surface area (Å²) in [5, 5.41) is 10.2. The predicted octanol–water partition coefficient (Wildman–Crippen LogP) is 0.238. The number of hydrogen-bond donors (Lipinski definition) is 4. The van der Waals surface area contributed by atoms with E-state index in [4.69, 9.17) is 11.5 Å². The molecule has 0 radical (unpaired) electrons. The van der Waals surface area contributed by atoms with E-state index in [1.165, 1.54) is 6.20 Å². The van der Waals surface area contributed by atoms with Crippen molar-refractivity contribution in [2.75, 3.05) is 17.6 Å². The maximum Gasteiger partial charge on any atom is 0.231 e. The predicted molar refractivity (Wildman–Crippen MR) is 71.0 cm³/mol. The third-order valence-electron chi connectivity index (χ3n) is 2.19. The van der Waals surface area contributed by atoms with Gasteiger partial charge in [0.2, 0.25) is 5.95 Å². The number of aliphatic imine (C=N–C) groups is 1. The van der Waals surface area contributed by atoms with Crippen LogP contribution in [0.15, 0.2) is 23.1 Å². The van der Waals surface area contributed by atoms with Crippen molar-refractivity contribution >= 4 is 29.0 Å². The summed E-state index contributed by atoms with van der Waals surface area (Å²) in [6.45, 7) is 2.59. The fraction of sp³-hybridized carbons (Fsp3) is 0.200. The van der Waals surface area contributed by atoms with Crippen LogP contribution in [0.25, 0.3) is 11.0 Å². The molecule has 0 aliphatic carbocycles. The zero-order valence-corrected chi connectivity index (χ0v) is 9.88. The SMILES string of the molecule is CCN=CC(=CN)Nc1nc(N)c2cn[nH]c2n1. The molecule has 8 heteroatoms. The van der Waals surface area contributed by atoms with Gasteiger partial charge in [0.15, 0.2) is 5.65 Å². The van der Waals surface area contributed by atoms with Gasteiger partial charge in [-0.1, -0.05) is 0 Å². The standard InChI is InChI=1S/C10H14N8/c1-2-13-4-6(3-11)15-10-16-8(12)7-5-14-18-9(7)17-10/h3-5H,2,11H2,1H3,(H4,12,14,15,16,17,18). The molecule has 0 aromatic carbocycles. The Morgan fingerprint density at radius 2 is 2.39 bits per heavy atom. The second-order valence-electron chi connectivity index (χ2n) is 3.44. The summed E-state index contributed by atoms with van der Waals surface area (Å²) in [7, 11) is 0. The van der Waals surface area contributed by atoms with E-state index in [9.17, 15) is 0 Å². The molecule has 2 aromatic rings. The van der Waals surface area contributed by atoms with Crippen LogP contribution in [0.1, 0.15) is 6.92 Å². The van der Waals surface area contributed by atoms with Gasteiger partial charge in [-0.3, -0.25) is 10.1 Å². The summed E-state index contributed by atoms with van der Waals surface area (Å²) in [6.07, 6.45) is 4.57. The molecule has 0 spiro atoms. The summed E-state index contributed by atoms with van der Waals surface area (Å²) in [6, 6.07) is 0. The van der Waals surface area contributed by atoms with Gasteiger partial charge in [-0.15, -0.1) is 0 Å². The van der Waals surface area contributed by atoms with Gasteiger partial charge in [0.1, 0.15) is 5.82 Å². The van der Waals surface area contributed by atoms with E-state index in [0.717, 1.165) is 0 Å². The lowest BCUT2D eigenvalue weighted by atomic mass is 10.4. The van der Waals surface area contributed by atoms with Gasteiger partial charge in [0, 0.05) is 19.0 Å². The highest BCUT2D eigenvalue weighted by Gasteiger charge is 2.07. The van der Waals surface area contributed by atoms with E-state index < -0.39 is 0 Å². The maximum atomic E-state index is 5.78. The van der Waals surface area contributed by atoms with E-state index >= 15 is 0 Å². The number of allylic oxidation sites excluding steroid dienone is 1. The topological polar surface area (TPSA) is 131 Å². The molecule has 0 saturated heterocycles. The molecule has 0 fully saturated rings. The first-order chi connectivity index (χ1) is 8.74. The molecule has 0 aliphatic heterocycles. The van der Waals surface area contributed by atoms with Crippen LogP contribution in [0.5, 0.6) is 0 Å². The summed E-state index contributed by atoms with van der Waals surface area (Å²) < 4.78 is 0. The average molecular weight is 246 g/mol. The molecule has 0 saturated carbocycles. The summed E-state index contributed by atoms with van der Waals surface area (Å²) >= 11 is 0. The van der Waals surface area contributed by atoms with Gasteiger partial charge >= 0.3 is 0 Å². The summed E-state index contributed by atoms with van der Waals surface area (Å²) in [4.78, 5) is 12.4. The monoisotopic (exact) mass is 246 g/mol. The minimum atomic E-state index is 0.337. The van der Waals surface area contributed by atoms with Crippen LogP contribution in [-0.2, 0) is 0 Å². The second-order valence-corrected chi connectivity index (χ2v) is 3.44. The van der Waals surface area contributed by atoms with E-state index in [0.29, 0.717) is 35.0 Å². The van der Waals surface area contributed by atoms with Crippen LogP contribution in [0.4, 0.5) is 11.8 Å². The zero-order valence-electron chi connectivity index (χ0n) is 9.88. The van der Waals surface area contributed by atoms with E-state index in [1.54, 1.807) is 12.4 Å². The quantitative estimate of drug-likeness (QED) is 0.571. The number of rotatable bonds is 4. The molecule has 0 bridgehead atoms. The first-order valence-electron chi connectivity index (χ1n) is 5.40. The number of aromatic nitrogens is 4. The maximum absolute atomic E-state index is 5.78. The number of H-pyrrole nitrogens is 1. The van der Waals surface area contributed by atoms with Crippen molar-refractivity contribution in [3.63, 3.8) is 0 Å². The highest BCUT2D eigenvalue weighted by molar-refractivity contribution is 5.87. The van der Waals surface area contributed by atoms with Gasteiger partial charge in [0.25, 0.3) is 0 Å².